The standard InChI is InChI=1S/C12H14N2O2/c1-14-11-8-9(13)2-3-12(11)16-10-4-6-15-7-5-10/h2-3,8,10H,4-7,13H2. The van der Waals surface area contributed by atoms with E-state index in [0.29, 0.717) is 17.1 Å². The lowest BCUT2D eigenvalue weighted by atomic mass is 10.1. The molecule has 1 aromatic carbocycles. The lowest BCUT2D eigenvalue weighted by Crippen LogP contribution is -2.25. The van der Waals surface area contributed by atoms with Crippen LogP contribution in [-0.4, -0.2) is 19.3 Å². The summed E-state index contributed by atoms with van der Waals surface area (Å²) >= 11 is 0. The minimum Gasteiger partial charge on any atom is -0.501 e. The molecule has 4 heteroatoms. The average molecular weight is 218 g/mol. The molecule has 0 saturated carbocycles. The molecular weight excluding hydrogens is 204 g/mol. The van der Waals surface area contributed by atoms with Crippen molar-refractivity contribution in [3.8, 4) is 5.75 Å². The predicted molar refractivity (Wildman–Crippen MR) is 61.6 cm³/mol. The van der Waals surface area contributed by atoms with Crippen LogP contribution in [-0.2, 0) is 4.74 Å². The summed E-state index contributed by atoms with van der Waals surface area (Å²) in [5, 5.41) is 0. The van der Waals surface area contributed by atoms with Gasteiger partial charge in [0.05, 0.1) is 19.8 Å². The maximum atomic E-state index is 7.06. The Morgan fingerprint density at radius 2 is 2.12 bits per heavy atom. The first-order valence-corrected chi connectivity index (χ1v) is 5.31. The Kier molecular flexibility index (Phi) is 3.28. The molecule has 0 radical (unpaired) electrons. The van der Waals surface area contributed by atoms with E-state index in [2.05, 4.69) is 4.85 Å². The highest BCUT2D eigenvalue weighted by atomic mass is 16.5. The van der Waals surface area contributed by atoms with E-state index in [9.17, 15) is 0 Å². The van der Waals surface area contributed by atoms with Gasteiger partial charge in [0.1, 0.15) is 11.9 Å². The Morgan fingerprint density at radius 1 is 1.38 bits per heavy atom. The summed E-state index contributed by atoms with van der Waals surface area (Å²) in [6, 6.07) is 5.16. The van der Waals surface area contributed by atoms with Gasteiger partial charge in [0.2, 0.25) is 5.69 Å². The Morgan fingerprint density at radius 3 is 2.81 bits per heavy atom. The average Bonchev–Trinajstić information content (AvgIpc) is 2.33. The maximum Gasteiger partial charge on any atom is 0.230 e. The van der Waals surface area contributed by atoms with Crippen LogP contribution in [0.5, 0.6) is 5.75 Å². The Hall–Kier alpha value is -1.73. The predicted octanol–water partition coefficient (Wildman–Crippen LogP) is 2.38. The van der Waals surface area contributed by atoms with Crippen LogP contribution in [0.25, 0.3) is 4.85 Å². The molecule has 1 fully saturated rings. The summed E-state index contributed by atoms with van der Waals surface area (Å²) < 4.78 is 11.0. The minimum absolute atomic E-state index is 0.151. The highest BCUT2D eigenvalue weighted by Gasteiger charge is 2.16. The van der Waals surface area contributed by atoms with Crippen LogP contribution in [0.3, 0.4) is 0 Å². The van der Waals surface area contributed by atoms with Gasteiger partial charge in [0.25, 0.3) is 0 Å². The Labute approximate surface area is 94.8 Å². The van der Waals surface area contributed by atoms with E-state index in [4.69, 9.17) is 21.8 Å². The molecule has 0 atom stereocenters. The van der Waals surface area contributed by atoms with E-state index >= 15 is 0 Å². The molecule has 1 aliphatic rings. The smallest absolute Gasteiger partial charge is 0.230 e. The molecule has 0 aliphatic carbocycles. The molecule has 0 bridgehead atoms. The lowest BCUT2D eigenvalue weighted by molar-refractivity contribution is 0.0259. The summed E-state index contributed by atoms with van der Waals surface area (Å²) in [6.07, 6.45) is 1.90. The summed E-state index contributed by atoms with van der Waals surface area (Å²) in [6.45, 7) is 8.52. The van der Waals surface area contributed by atoms with Crippen molar-refractivity contribution < 1.29 is 9.47 Å². The number of ether oxygens (including phenoxy) is 2. The van der Waals surface area contributed by atoms with Crippen molar-refractivity contribution in [2.45, 2.75) is 18.9 Å². The molecule has 1 aliphatic heterocycles. The summed E-state index contributed by atoms with van der Waals surface area (Å²) in [5.74, 6) is 0.621. The molecule has 16 heavy (non-hydrogen) atoms. The molecular formula is C12H14N2O2. The van der Waals surface area contributed by atoms with Crippen molar-refractivity contribution in [3.63, 3.8) is 0 Å². The van der Waals surface area contributed by atoms with E-state index in [1.165, 1.54) is 0 Å². The van der Waals surface area contributed by atoms with Gasteiger partial charge < -0.3 is 15.2 Å². The first kappa shape index (κ1) is 10.8. The highest BCUT2D eigenvalue weighted by Crippen LogP contribution is 2.31. The maximum absolute atomic E-state index is 7.06. The molecule has 1 aromatic rings. The van der Waals surface area contributed by atoms with Crippen LogP contribution < -0.4 is 10.5 Å². The number of nitrogens with zero attached hydrogens (tertiary/aromatic N) is 1. The second-order valence-electron chi connectivity index (χ2n) is 3.77. The summed E-state index contributed by atoms with van der Waals surface area (Å²) in [4.78, 5) is 3.41. The molecule has 1 saturated heterocycles. The number of nitrogens with two attached hydrogens (primary N) is 1. The Balaban J connectivity index is 2.11. The van der Waals surface area contributed by atoms with E-state index in [-0.39, 0.29) is 6.10 Å². The first-order valence-electron chi connectivity index (χ1n) is 5.31. The monoisotopic (exact) mass is 218 g/mol. The van der Waals surface area contributed by atoms with Crippen LogP contribution in [0.2, 0.25) is 0 Å². The number of hydrogen-bond acceptors (Lipinski definition) is 3. The van der Waals surface area contributed by atoms with E-state index in [1.807, 2.05) is 0 Å². The molecule has 0 amide bonds. The fraction of sp³-hybridized carbons (Fsp3) is 0.417. The summed E-state index contributed by atoms with van der Waals surface area (Å²) in [7, 11) is 0. The molecule has 0 unspecified atom stereocenters. The molecule has 1 heterocycles. The van der Waals surface area contributed by atoms with Crippen molar-refractivity contribution in [3.05, 3.63) is 29.6 Å². The quantitative estimate of drug-likeness (QED) is 0.612. The van der Waals surface area contributed by atoms with Gasteiger partial charge in [-0.2, -0.15) is 0 Å². The molecule has 2 N–H and O–H groups in total. The van der Waals surface area contributed by atoms with Gasteiger partial charge in [-0.15, -0.1) is 0 Å². The number of hydrogen-bond donors (Lipinski definition) is 1. The number of anilines is 1. The minimum atomic E-state index is 0.151. The normalized spacial score (nSPS) is 16.7. The van der Waals surface area contributed by atoms with Crippen LogP contribution in [0.1, 0.15) is 12.8 Å². The Bertz CT molecular complexity index is 406. The topological polar surface area (TPSA) is 48.8 Å². The van der Waals surface area contributed by atoms with Crippen molar-refractivity contribution in [2.75, 3.05) is 18.9 Å². The number of rotatable bonds is 2. The third kappa shape index (κ3) is 2.44. The molecule has 84 valence electrons. The van der Waals surface area contributed by atoms with Crippen molar-refractivity contribution >= 4 is 11.4 Å². The molecule has 0 spiro atoms. The molecule has 4 nitrogen and oxygen atoms in total. The van der Waals surface area contributed by atoms with Crippen molar-refractivity contribution in [1.82, 2.24) is 0 Å². The highest BCUT2D eigenvalue weighted by molar-refractivity contribution is 5.64. The second-order valence-corrected chi connectivity index (χ2v) is 3.77. The zero-order valence-corrected chi connectivity index (χ0v) is 8.98. The SMILES string of the molecule is [C-]#[N+]c1cc(N)ccc1OC1CCOCC1. The van der Waals surface area contributed by atoms with Crippen LogP contribution in [0.15, 0.2) is 18.2 Å². The van der Waals surface area contributed by atoms with E-state index < -0.39 is 0 Å². The third-order valence-electron chi connectivity index (χ3n) is 2.57. The van der Waals surface area contributed by atoms with Crippen molar-refractivity contribution in [1.29, 1.82) is 0 Å². The van der Waals surface area contributed by atoms with Gasteiger partial charge in [-0.3, -0.25) is 0 Å². The van der Waals surface area contributed by atoms with Gasteiger partial charge in [-0.05, 0) is 18.2 Å². The van der Waals surface area contributed by atoms with Crippen molar-refractivity contribution in [2.24, 2.45) is 0 Å². The molecule has 2 rings (SSSR count). The first-order chi connectivity index (χ1) is 7.79. The van der Waals surface area contributed by atoms with Gasteiger partial charge in [-0.25, -0.2) is 4.85 Å². The van der Waals surface area contributed by atoms with Gasteiger partial charge in [0, 0.05) is 18.5 Å². The van der Waals surface area contributed by atoms with Gasteiger partial charge in [-0.1, -0.05) is 0 Å². The zero-order valence-electron chi connectivity index (χ0n) is 8.98. The second kappa shape index (κ2) is 4.86. The van der Waals surface area contributed by atoms with Gasteiger partial charge in [0.15, 0.2) is 0 Å². The van der Waals surface area contributed by atoms with Crippen LogP contribution in [0.4, 0.5) is 11.4 Å². The summed E-state index contributed by atoms with van der Waals surface area (Å²) in [5.41, 5.74) is 6.68. The van der Waals surface area contributed by atoms with E-state index in [0.717, 1.165) is 26.1 Å². The van der Waals surface area contributed by atoms with E-state index in [1.54, 1.807) is 18.2 Å². The van der Waals surface area contributed by atoms with Gasteiger partial charge >= 0.3 is 0 Å². The fourth-order valence-electron chi connectivity index (χ4n) is 1.69. The zero-order chi connectivity index (χ0) is 11.4. The van der Waals surface area contributed by atoms with Crippen LogP contribution in [0, 0.1) is 6.57 Å². The van der Waals surface area contributed by atoms with Crippen LogP contribution >= 0.6 is 0 Å². The largest absolute Gasteiger partial charge is 0.501 e. The molecule has 0 aromatic heterocycles. The number of nitrogen functional groups attached to an aromatic ring is 1. The third-order valence-corrected chi connectivity index (χ3v) is 2.57. The fourth-order valence-corrected chi connectivity index (χ4v) is 1.69. The lowest BCUT2D eigenvalue weighted by Gasteiger charge is -2.24. The number of benzene rings is 1.